The first-order valence-electron chi connectivity index (χ1n) is 7.23. The average Bonchev–Trinajstić information content (AvgIpc) is 3.00. The van der Waals surface area contributed by atoms with Crippen molar-refractivity contribution in [1.29, 1.82) is 0 Å². The van der Waals surface area contributed by atoms with E-state index in [1.165, 1.54) is 36.5 Å². The fourth-order valence-corrected chi connectivity index (χ4v) is 3.51. The Morgan fingerprint density at radius 1 is 1.12 bits per heavy atom. The zero-order chi connectivity index (χ0) is 18.0. The van der Waals surface area contributed by atoms with E-state index >= 15 is 0 Å². The summed E-state index contributed by atoms with van der Waals surface area (Å²) in [5.74, 6) is -2.80. The van der Waals surface area contributed by atoms with Crippen molar-refractivity contribution in [3.8, 4) is 0 Å². The highest BCUT2D eigenvalue weighted by molar-refractivity contribution is 7.89. The van der Waals surface area contributed by atoms with Crippen LogP contribution < -0.4 is 4.72 Å². The van der Waals surface area contributed by atoms with E-state index in [1.54, 1.807) is 18.2 Å². The summed E-state index contributed by atoms with van der Waals surface area (Å²) in [4.78, 5) is 14.8. The van der Waals surface area contributed by atoms with Gasteiger partial charge in [-0.3, -0.25) is 9.52 Å². The largest absolute Gasteiger partial charge is 0.481 e. The molecule has 2 N–H and O–H groups in total. The Morgan fingerprint density at radius 2 is 1.84 bits per heavy atom. The minimum Gasteiger partial charge on any atom is -0.481 e. The van der Waals surface area contributed by atoms with Crippen LogP contribution in [0.3, 0.4) is 0 Å². The number of carboxylic acids is 1. The summed E-state index contributed by atoms with van der Waals surface area (Å²) in [6.07, 6.45) is 3.90. The molecule has 0 amide bonds. The molecular weight excluding hydrogens is 347 g/mol. The number of nitrogens with one attached hydrogen (secondary N) is 1. The summed E-state index contributed by atoms with van der Waals surface area (Å²) >= 11 is 0. The highest BCUT2D eigenvalue weighted by Crippen LogP contribution is 2.31. The molecule has 2 aromatic rings. The van der Waals surface area contributed by atoms with Crippen LogP contribution in [0.15, 0.2) is 71.4 Å². The Balaban J connectivity index is 1.98. The van der Waals surface area contributed by atoms with E-state index in [2.05, 4.69) is 9.71 Å². The van der Waals surface area contributed by atoms with Crippen LogP contribution in [-0.2, 0) is 14.8 Å². The number of nitrogens with zero attached hydrogens (tertiary/aromatic N) is 1. The van der Waals surface area contributed by atoms with Crippen molar-refractivity contribution in [1.82, 2.24) is 9.71 Å². The second-order valence-electron chi connectivity index (χ2n) is 5.31. The molecule has 1 aliphatic carbocycles. The number of benzene rings is 1. The molecule has 0 fully saturated rings. The molecule has 0 radical (unpaired) electrons. The third-order valence-electron chi connectivity index (χ3n) is 3.60. The fraction of sp³-hybridized carbons (Fsp3) is 0.0588. The number of hydrogen-bond acceptors (Lipinski definition) is 4. The fourth-order valence-electron chi connectivity index (χ4n) is 2.41. The molecule has 128 valence electrons. The Bertz CT molecular complexity index is 967. The summed E-state index contributed by atoms with van der Waals surface area (Å²) in [7, 11) is -3.89. The van der Waals surface area contributed by atoms with Crippen LogP contribution in [0.25, 0.3) is 5.57 Å². The van der Waals surface area contributed by atoms with Crippen molar-refractivity contribution < 1.29 is 22.7 Å². The number of carbonyl (C=O) groups is 1. The first kappa shape index (κ1) is 16.8. The molecule has 1 aromatic heterocycles. The van der Waals surface area contributed by atoms with Gasteiger partial charge in [-0.2, -0.15) is 4.39 Å². The van der Waals surface area contributed by atoms with Crippen molar-refractivity contribution in [2.24, 2.45) is 5.92 Å². The Hall–Kier alpha value is -3.00. The van der Waals surface area contributed by atoms with E-state index < -0.39 is 27.9 Å². The number of pyridine rings is 1. The lowest BCUT2D eigenvalue weighted by atomic mass is 10.1. The summed E-state index contributed by atoms with van der Waals surface area (Å²) in [6, 6.07) is 10.2. The van der Waals surface area contributed by atoms with E-state index in [-0.39, 0.29) is 10.6 Å². The predicted molar refractivity (Wildman–Crippen MR) is 88.1 cm³/mol. The molecule has 6 nitrogen and oxygen atoms in total. The highest BCUT2D eigenvalue weighted by atomic mass is 32.2. The molecule has 1 heterocycles. The Labute approximate surface area is 143 Å². The normalized spacial score (nSPS) is 16.9. The van der Waals surface area contributed by atoms with Gasteiger partial charge in [-0.05, 0) is 30.3 Å². The number of hydrogen-bond donors (Lipinski definition) is 2. The van der Waals surface area contributed by atoms with Crippen LogP contribution in [0.1, 0.15) is 5.56 Å². The molecule has 0 saturated carbocycles. The maximum Gasteiger partial charge on any atom is 0.314 e. The Kier molecular flexibility index (Phi) is 4.37. The minimum atomic E-state index is -3.89. The number of aromatic nitrogens is 1. The number of rotatable bonds is 5. The van der Waals surface area contributed by atoms with E-state index in [0.717, 1.165) is 6.07 Å². The van der Waals surface area contributed by atoms with Gasteiger partial charge in [0.15, 0.2) is 0 Å². The van der Waals surface area contributed by atoms with Crippen molar-refractivity contribution in [2.45, 2.75) is 4.90 Å². The first-order valence-corrected chi connectivity index (χ1v) is 8.72. The predicted octanol–water partition coefficient (Wildman–Crippen LogP) is 2.18. The second-order valence-corrected chi connectivity index (χ2v) is 7.00. The number of allylic oxidation sites excluding steroid dienone is 1. The standard InChI is InChI=1S/C17H13FN2O4S/c18-16-7-6-11(10-19-16)14-8-12(17(21)22)9-15(14)20-25(23,24)13-4-2-1-3-5-13/h1-10,12,20H,(H,21,22). The zero-order valence-electron chi connectivity index (χ0n) is 12.8. The summed E-state index contributed by atoms with van der Waals surface area (Å²) in [5, 5.41) is 9.21. The molecular formula is C17H13FN2O4S. The molecule has 1 atom stereocenters. The van der Waals surface area contributed by atoms with E-state index in [4.69, 9.17) is 0 Å². The van der Waals surface area contributed by atoms with Crippen LogP contribution in [0, 0.1) is 11.9 Å². The van der Waals surface area contributed by atoms with Gasteiger partial charge in [-0.25, -0.2) is 13.4 Å². The third-order valence-corrected chi connectivity index (χ3v) is 4.99. The minimum absolute atomic E-state index is 0.0475. The van der Waals surface area contributed by atoms with Gasteiger partial charge in [-0.1, -0.05) is 24.3 Å². The molecule has 25 heavy (non-hydrogen) atoms. The molecule has 1 aliphatic rings. The van der Waals surface area contributed by atoms with Crippen molar-refractivity contribution in [3.63, 3.8) is 0 Å². The van der Waals surface area contributed by atoms with Crippen molar-refractivity contribution >= 4 is 21.6 Å². The summed E-state index contributed by atoms with van der Waals surface area (Å²) in [6.45, 7) is 0. The Morgan fingerprint density at radius 3 is 2.44 bits per heavy atom. The van der Waals surface area contributed by atoms with Crippen LogP contribution >= 0.6 is 0 Å². The van der Waals surface area contributed by atoms with Gasteiger partial charge in [0, 0.05) is 17.3 Å². The monoisotopic (exact) mass is 360 g/mol. The van der Waals surface area contributed by atoms with E-state index in [9.17, 15) is 22.7 Å². The SMILES string of the molecule is O=C(O)C1C=C(NS(=O)(=O)c2ccccc2)C(c2ccc(F)nc2)=C1. The van der Waals surface area contributed by atoms with Crippen molar-refractivity contribution in [2.75, 3.05) is 0 Å². The topological polar surface area (TPSA) is 96.4 Å². The van der Waals surface area contributed by atoms with Crippen LogP contribution in [0.2, 0.25) is 0 Å². The molecule has 8 heteroatoms. The smallest absolute Gasteiger partial charge is 0.314 e. The number of carboxylic acid groups (broad SMARTS) is 1. The highest BCUT2D eigenvalue weighted by Gasteiger charge is 2.27. The molecule has 0 saturated heterocycles. The van der Waals surface area contributed by atoms with Crippen molar-refractivity contribution in [3.05, 3.63) is 78.0 Å². The second kappa shape index (κ2) is 6.48. The molecule has 1 unspecified atom stereocenters. The van der Waals surface area contributed by atoms with Gasteiger partial charge >= 0.3 is 5.97 Å². The van der Waals surface area contributed by atoms with E-state index in [1.807, 2.05) is 0 Å². The van der Waals surface area contributed by atoms with Gasteiger partial charge in [0.1, 0.15) is 0 Å². The van der Waals surface area contributed by atoms with Gasteiger partial charge in [0.25, 0.3) is 10.0 Å². The number of sulfonamides is 1. The average molecular weight is 360 g/mol. The zero-order valence-corrected chi connectivity index (χ0v) is 13.6. The van der Waals surface area contributed by atoms with Gasteiger partial charge < -0.3 is 5.11 Å². The molecule has 0 spiro atoms. The summed E-state index contributed by atoms with van der Waals surface area (Å²) < 4.78 is 40.4. The number of aliphatic carboxylic acids is 1. The molecule has 0 aliphatic heterocycles. The lowest BCUT2D eigenvalue weighted by molar-refractivity contribution is -0.138. The van der Waals surface area contributed by atoms with E-state index in [0.29, 0.717) is 11.1 Å². The van der Waals surface area contributed by atoms with Crippen LogP contribution in [0.4, 0.5) is 4.39 Å². The maximum atomic E-state index is 13.0. The first-order chi connectivity index (χ1) is 11.9. The maximum absolute atomic E-state index is 13.0. The molecule has 0 bridgehead atoms. The lowest BCUT2D eigenvalue weighted by Gasteiger charge is -2.12. The van der Waals surface area contributed by atoms with Gasteiger partial charge in [0.05, 0.1) is 16.5 Å². The van der Waals surface area contributed by atoms with Crippen LogP contribution in [0.5, 0.6) is 0 Å². The van der Waals surface area contributed by atoms with Gasteiger partial charge in [0.2, 0.25) is 5.95 Å². The van der Waals surface area contributed by atoms with Gasteiger partial charge in [-0.15, -0.1) is 0 Å². The summed E-state index contributed by atoms with van der Waals surface area (Å²) in [5.41, 5.74) is 0.858. The molecule has 1 aromatic carbocycles. The molecule has 3 rings (SSSR count). The lowest BCUT2D eigenvalue weighted by Crippen LogP contribution is -2.23. The third kappa shape index (κ3) is 3.58. The quantitative estimate of drug-likeness (QED) is 0.797. The number of halogens is 1. The van der Waals surface area contributed by atoms with Crippen LogP contribution in [-0.4, -0.2) is 24.5 Å².